The van der Waals surface area contributed by atoms with Crippen molar-refractivity contribution in [1.82, 2.24) is 10.4 Å². The molecule has 2 aromatic carbocycles. The Bertz CT molecular complexity index is 577. The third-order valence-electron chi connectivity index (χ3n) is 3.29. The van der Waals surface area contributed by atoms with Crippen molar-refractivity contribution < 1.29 is 54.1 Å². The minimum absolute atomic E-state index is 0. The maximum atomic E-state index is 12.1. The molecule has 0 unspecified atom stereocenters. The summed E-state index contributed by atoms with van der Waals surface area (Å²) < 4.78 is 0. The van der Waals surface area contributed by atoms with Crippen molar-refractivity contribution in [2.45, 2.75) is 12.2 Å². The van der Waals surface area contributed by atoms with Gasteiger partial charge in [0.05, 0.1) is 0 Å². The van der Waals surface area contributed by atoms with E-state index in [1.54, 1.807) is 0 Å². The molecular formula is C15H14AcN2O2. The van der Waals surface area contributed by atoms with Gasteiger partial charge in [0.25, 0.3) is 5.91 Å². The number of carbonyl (C=O) groups excluding carboxylic acids is 1. The van der Waals surface area contributed by atoms with Crippen LogP contribution in [-0.2, 0) is 4.79 Å². The number of benzene rings is 2. The number of amides is 1. The molecule has 2 atom stereocenters. The summed E-state index contributed by atoms with van der Waals surface area (Å²) in [4.78, 5) is 12.1. The molecule has 1 radical (unpaired) electrons. The average Bonchev–Trinajstić information content (AvgIpc) is 2.77. The first-order valence-corrected chi connectivity index (χ1v) is 6.15. The second-order valence-electron chi connectivity index (χ2n) is 4.51. The summed E-state index contributed by atoms with van der Waals surface area (Å²) in [5, 5.41) is 13.9. The zero-order valence-electron chi connectivity index (χ0n) is 10.8. The summed E-state index contributed by atoms with van der Waals surface area (Å²) in [5.74, 6) is -0.333. The summed E-state index contributed by atoms with van der Waals surface area (Å²) in [5.41, 5.74) is 1.71. The van der Waals surface area contributed by atoms with Crippen molar-refractivity contribution in [1.29, 1.82) is 0 Å². The molecule has 1 amide bonds. The van der Waals surface area contributed by atoms with Crippen LogP contribution in [0.15, 0.2) is 60.7 Å². The molecule has 2 N–H and O–H groups in total. The van der Waals surface area contributed by atoms with Crippen LogP contribution in [0.5, 0.6) is 0 Å². The third-order valence-corrected chi connectivity index (χ3v) is 3.29. The molecular weight excluding hydrogens is 467 g/mol. The van der Waals surface area contributed by atoms with Gasteiger partial charge in [0.2, 0.25) is 0 Å². The zero-order valence-corrected chi connectivity index (χ0v) is 15.6. The van der Waals surface area contributed by atoms with Crippen molar-refractivity contribution >= 4 is 5.91 Å². The molecule has 0 bridgehead atoms. The van der Waals surface area contributed by atoms with Crippen LogP contribution < -0.4 is 5.32 Å². The van der Waals surface area contributed by atoms with Gasteiger partial charge in [-0.2, -0.15) is 0 Å². The molecule has 0 saturated carbocycles. The van der Waals surface area contributed by atoms with Gasteiger partial charge in [-0.15, -0.1) is 0 Å². The van der Waals surface area contributed by atoms with Crippen molar-refractivity contribution in [2.75, 3.05) is 0 Å². The van der Waals surface area contributed by atoms with E-state index >= 15 is 0 Å². The number of nitrogens with one attached hydrogen (secondary N) is 1. The van der Waals surface area contributed by atoms with Gasteiger partial charge in [0.1, 0.15) is 12.2 Å². The summed E-state index contributed by atoms with van der Waals surface area (Å²) in [6, 6.07) is 18.3. The first-order valence-electron chi connectivity index (χ1n) is 6.15. The van der Waals surface area contributed by atoms with Crippen LogP contribution in [-0.4, -0.2) is 16.2 Å². The molecule has 2 aromatic rings. The number of hydrogen-bond donors (Lipinski definition) is 2. The van der Waals surface area contributed by atoms with E-state index in [1.807, 2.05) is 60.7 Å². The molecule has 1 fully saturated rings. The van der Waals surface area contributed by atoms with E-state index in [4.69, 9.17) is 0 Å². The SMILES string of the molecule is O=C1[C@H](c2ccccc2)N[C@@H](c2ccccc2)N1O.[Ac]. The molecule has 1 saturated heterocycles. The summed E-state index contributed by atoms with van der Waals surface area (Å²) in [6.45, 7) is 0. The first kappa shape index (κ1) is 15.7. The largest absolute Gasteiger partial charge is 0.284 e. The second kappa shape index (κ2) is 6.82. The summed E-state index contributed by atoms with van der Waals surface area (Å²) in [6.07, 6.45) is -0.501. The molecule has 1 heterocycles. The minimum atomic E-state index is -0.503. The normalized spacial score (nSPS) is 21.6. The van der Waals surface area contributed by atoms with Crippen molar-refractivity contribution in [3.8, 4) is 0 Å². The van der Waals surface area contributed by atoms with Gasteiger partial charge >= 0.3 is 0 Å². The zero-order chi connectivity index (χ0) is 13.2. The van der Waals surface area contributed by atoms with Gasteiger partial charge in [-0.1, -0.05) is 60.7 Å². The van der Waals surface area contributed by atoms with Gasteiger partial charge in [0, 0.05) is 44.1 Å². The molecule has 0 spiro atoms. The Morgan fingerprint density at radius 3 is 1.95 bits per heavy atom. The van der Waals surface area contributed by atoms with E-state index in [1.165, 1.54) is 0 Å². The number of nitrogens with zero attached hydrogens (tertiary/aromatic N) is 1. The molecule has 1 aliphatic rings. The van der Waals surface area contributed by atoms with E-state index in [-0.39, 0.29) is 50.0 Å². The Labute approximate surface area is 153 Å². The van der Waals surface area contributed by atoms with E-state index in [0.717, 1.165) is 16.2 Å². The van der Waals surface area contributed by atoms with E-state index < -0.39 is 12.2 Å². The van der Waals surface area contributed by atoms with Crippen molar-refractivity contribution in [3.05, 3.63) is 71.8 Å². The Balaban J connectivity index is 0.00000147. The van der Waals surface area contributed by atoms with Gasteiger partial charge in [0.15, 0.2) is 0 Å². The van der Waals surface area contributed by atoms with Crippen LogP contribution in [0.3, 0.4) is 0 Å². The van der Waals surface area contributed by atoms with Crippen LogP contribution in [0.1, 0.15) is 23.3 Å². The number of carbonyl (C=O) groups is 1. The Hall–Kier alpha value is -0.728. The standard InChI is InChI=1S/C15H14N2O2.Ac/c18-15-13(11-7-3-1-4-8-11)16-14(17(15)19)12-9-5-2-6-10-12;/h1-10,13-14,16,19H;/t13-,14+;/m0./s1. The molecule has 3 rings (SSSR count). The molecule has 0 aromatic heterocycles. The number of hydrogen-bond acceptors (Lipinski definition) is 3. The smallest absolute Gasteiger partial charge is 0.269 e. The quantitative estimate of drug-likeness (QED) is 0.648. The molecule has 1 aliphatic heterocycles. The second-order valence-corrected chi connectivity index (χ2v) is 4.51. The summed E-state index contributed by atoms with van der Waals surface area (Å²) in [7, 11) is 0. The van der Waals surface area contributed by atoms with Gasteiger partial charge in [-0.05, 0) is 11.1 Å². The van der Waals surface area contributed by atoms with Crippen LogP contribution >= 0.6 is 0 Å². The average molecular weight is 481 g/mol. The molecule has 99 valence electrons. The fourth-order valence-corrected chi connectivity index (χ4v) is 2.32. The van der Waals surface area contributed by atoms with Gasteiger partial charge in [-0.3, -0.25) is 15.3 Å². The third kappa shape index (κ3) is 2.97. The van der Waals surface area contributed by atoms with E-state index in [2.05, 4.69) is 5.32 Å². The maximum absolute atomic E-state index is 12.1. The predicted octanol–water partition coefficient (Wildman–Crippen LogP) is 2.25. The van der Waals surface area contributed by atoms with Crippen LogP contribution in [0, 0.1) is 44.1 Å². The summed E-state index contributed by atoms with van der Waals surface area (Å²) >= 11 is 0. The molecule has 20 heavy (non-hydrogen) atoms. The molecule has 4 nitrogen and oxygen atoms in total. The Morgan fingerprint density at radius 2 is 1.40 bits per heavy atom. The van der Waals surface area contributed by atoms with Gasteiger partial charge in [-0.25, -0.2) is 5.06 Å². The minimum Gasteiger partial charge on any atom is -0.284 e. The van der Waals surface area contributed by atoms with E-state index in [0.29, 0.717) is 0 Å². The fourth-order valence-electron chi connectivity index (χ4n) is 2.32. The fraction of sp³-hybridized carbons (Fsp3) is 0.133. The van der Waals surface area contributed by atoms with Crippen LogP contribution in [0.25, 0.3) is 0 Å². The number of hydroxylamine groups is 2. The first-order chi connectivity index (χ1) is 9.27. The molecule has 0 aliphatic carbocycles. The molecule has 5 heteroatoms. The maximum Gasteiger partial charge on any atom is 0.269 e. The Kier molecular flexibility index (Phi) is 5.34. The van der Waals surface area contributed by atoms with Crippen molar-refractivity contribution in [2.24, 2.45) is 0 Å². The van der Waals surface area contributed by atoms with Crippen LogP contribution in [0.4, 0.5) is 0 Å². The van der Waals surface area contributed by atoms with Crippen LogP contribution in [0.2, 0.25) is 0 Å². The monoisotopic (exact) mass is 481 g/mol. The number of rotatable bonds is 2. The van der Waals surface area contributed by atoms with Crippen molar-refractivity contribution in [3.63, 3.8) is 0 Å². The Morgan fingerprint density at radius 1 is 0.900 bits per heavy atom. The predicted molar refractivity (Wildman–Crippen MR) is 70.1 cm³/mol. The topological polar surface area (TPSA) is 52.6 Å². The van der Waals surface area contributed by atoms with Gasteiger partial charge < -0.3 is 0 Å². The van der Waals surface area contributed by atoms with E-state index in [9.17, 15) is 10.0 Å².